The van der Waals surface area contributed by atoms with Crippen LogP contribution in [0.2, 0.25) is 0 Å². The van der Waals surface area contributed by atoms with Crippen LogP contribution in [0, 0.1) is 5.82 Å². The van der Waals surface area contributed by atoms with Gasteiger partial charge < -0.3 is 25.5 Å². The zero-order valence-corrected chi connectivity index (χ0v) is 20.6. The van der Waals surface area contributed by atoms with Crippen molar-refractivity contribution in [1.82, 2.24) is 24.8 Å². The van der Waals surface area contributed by atoms with Gasteiger partial charge in [-0.2, -0.15) is 0 Å². The largest absolute Gasteiger partial charge is 0.453 e. The molecule has 0 amide bonds. The van der Waals surface area contributed by atoms with Crippen molar-refractivity contribution in [3.63, 3.8) is 0 Å². The molecule has 0 aliphatic carbocycles. The summed E-state index contributed by atoms with van der Waals surface area (Å²) in [4.78, 5) is 16.2. The standard InChI is InChI=1S/C28H31FN6O2/c1-19(35-12-10-34(11-13-35)17-22-4-2-3-8-31-22)24(30)15-20-5-6-25(23(29)14-20)37-26-7-9-32-28-27(26)21(18-36)16-33-28/h2-9,14,16,24,36H,1,10-13,15,17-18,30H2,(H,32,33)/t24-/m0/s1. The van der Waals surface area contributed by atoms with E-state index in [0.717, 1.165) is 49.7 Å². The van der Waals surface area contributed by atoms with Crippen LogP contribution in [0.15, 0.2) is 73.3 Å². The van der Waals surface area contributed by atoms with Gasteiger partial charge in [0.1, 0.15) is 11.4 Å². The minimum Gasteiger partial charge on any atom is -0.453 e. The number of fused-ring (bicyclic) bond motifs is 1. The summed E-state index contributed by atoms with van der Waals surface area (Å²) in [6.45, 7) is 8.40. The minimum absolute atomic E-state index is 0.0952. The minimum atomic E-state index is -0.482. The lowest BCUT2D eigenvalue weighted by atomic mass is 10.0. The average molecular weight is 503 g/mol. The number of hydrogen-bond acceptors (Lipinski definition) is 7. The predicted octanol–water partition coefficient (Wildman–Crippen LogP) is 3.58. The number of benzene rings is 1. The van der Waals surface area contributed by atoms with E-state index in [4.69, 9.17) is 10.5 Å². The molecule has 8 nitrogen and oxygen atoms in total. The number of H-pyrrole nitrogens is 1. The molecule has 37 heavy (non-hydrogen) atoms. The van der Waals surface area contributed by atoms with Gasteiger partial charge in [-0.15, -0.1) is 0 Å². The molecule has 0 saturated carbocycles. The summed E-state index contributed by atoms with van der Waals surface area (Å²) in [5, 5.41) is 10.2. The third kappa shape index (κ3) is 5.64. The number of aliphatic hydroxyl groups excluding tert-OH is 1. The summed E-state index contributed by atoms with van der Waals surface area (Å²) < 4.78 is 20.9. The Bertz CT molecular complexity index is 1370. The van der Waals surface area contributed by atoms with Crippen molar-refractivity contribution < 1.29 is 14.2 Å². The lowest BCUT2D eigenvalue weighted by Crippen LogP contribution is -2.48. The SMILES string of the molecule is C=C([C@@H](N)Cc1ccc(Oc2ccnc3[nH]cc(CO)c23)c(F)c1)N1CCN(Cc2ccccn2)CC1. The van der Waals surface area contributed by atoms with E-state index in [1.165, 1.54) is 6.07 Å². The first kappa shape index (κ1) is 24.9. The van der Waals surface area contributed by atoms with E-state index >= 15 is 0 Å². The Labute approximate surface area is 215 Å². The number of hydrogen-bond donors (Lipinski definition) is 3. The molecular weight excluding hydrogens is 471 g/mol. The third-order valence-electron chi connectivity index (χ3n) is 6.78. The monoisotopic (exact) mass is 502 g/mol. The van der Waals surface area contributed by atoms with Crippen molar-refractivity contribution in [3.05, 3.63) is 96.0 Å². The summed E-state index contributed by atoms with van der Waals surface area (Å²) >= 11 is 0. The Morgan fingerprint density at radius 1 is 1.11 bits per heavy atom. The van der Waals surface area contributed by atoms with E-state index in [2.05, 4.69) is 31.3 Å². The number of ether oxygens (including phenoxy) is 1. The molecule has 1 aliphatic heterocycles. The maximum absolute atomic E-state index is 15.0. The number of aromatic nitrogens is 3. The zero-order valence-electron chi connectivity index (χ0n) is 20.6. The fraction of sp³-hybridized carbons (Fsp3) is 0.286. The molecule has 9 heteroatoms. The molecule has 1 fully saturated rings. The molecule has 0 unspecified atom stereocenters. The van der Waals surface area contributed by atoms with E-state index in [1.54, 1.807) is 24.5 Å². The van der Waals surface area contributed by atoms with Gasteiger partial charge in [0.25, 0.3) is 0 Å². The van der Waals surface area contributed by atoms with E-state index in [-0.39, 0.29) is 18.4 Å². The molecule has 0 spiro atoms. The summed E-state index contributed by atoms with van der Waals surface area (Å²) in [6, 6.07) is 12.2. The first-order valence-corrected chi connectivity index (χ1v) is 12.4. The van der Waals surface area contributed by atoms with Crippen molar-refractivity contribution in [2.24, 2.45) is 5.73 Å². The van der Waals surface area contributed by atoms with Crippen LogP contribution in [-0.4, -0.2) is 62.1 Å². The van der Waals surface area contributed by atoms with Gasteiger partial charge in [0, 0.05) is 68.6 Å². The topological polar surface area (TPSA) is 104 Å². The number of rotatable bonds is 9. The highest BCUT2D eigenvalue weighted by Gasteiger charge is 2.22. The Morgan fingerprint density at radius 3 is 2.68 bits per heavy atom. The predicted molar refractivity (Wildman–Crippen MR) is 140 cm³/mol. The molecule has 4 aromatic rings. The average Bonchev–Trinajstić information content (AvgIpc) is 3.35. The highest BCUT2D eigenvalue weighted by atomic mass is 19.1. The second kappa shape index (κ2) is 11.1. The van der Waals surface area contributed by atoms with Gasteiger partial charge in [0.15, 0.2) is 11.6 Å². The van der Waals surface area contributed by atoms with E-state index < -0.39 is 5.82 Å². The molecule has 1 saturated heterocycles. The molecule has 1 atom stereocenters. The van der Waals surface area contributed by atoms with Crippen molar-refractivity contribution in [2.45, 2.75) is 25.6 Å². The van der Waals surface area contributed by atoms with Crippen molar-refractivity contribution in [1.29, 1.82) is 0 Å². The Morgan fingerprint density at radius 2 is 1.95 bits per heavy atom. The quantitative estimate of drug-likeness (QED) is 0.321. The number of aromatic amines is 1. The number of nitrogens with one attached hydrogen (secondary N) is 1. The van der Waals surface area contributed by atoms with Gasteiger partial charge >= 0.3 is 0 Å². The van der Waals surface area contributed by atoms with Gasteiger partial charge in [-0.3, -0.25) is 9.88 Å². The molecule has 1 aromatic carbocycles. The van der Waals surface area contributed by atoms with Crippen molar-refractivity contribution in [3.8, 4) is 11.5 Å². The van der Waals surface area contributed by atoms with Crippen LogP contribution in [0.4, 0.5) is 4.39 Å². The summed E-state index contributed by atoms with van der Waals surface area (Å²) in [6.07, 6.45) is 5.53. The second-order valence-electron chi connectivity index (χ2n) is 9.26. The number of nitrogens with zero attached hydrogens (tertiary/aromatic N) is 4. The normalized spacial score (nSPS) is 15.2. The van der Waals surface area contributed by atoms with E-state index in [0.29, 0.717) is 28.8 Å². The number of piperazine rings is 1. The fourth-order valence-corrected chi connectivity index (χ4v) is 4.69. The maximum Gasteiger partial charge on any atom is 0.165 e. The lowest BCUT2D eigenvalue weighted by Gasteiger charge is -2.38. The van der Waals surface area contributed by atoms with Crippen molar-refractivity contribution >= 4 is 11.0 Å². The Kier molecular flexibility index (Phi) is 7.45. The van der Waals surface area contributed by atoms with Gasteiger partial charge in [-0.05, 0) is 42.3 Å². The van der Waals surface area contributed by atoms with Gasteiger partial charge in [0.05, 0.1) is 17.7 Å². The summed E-state index contributed by atoms with van der Waals surface area (Å²) in [5.41, 5.74) is 10.4. The number of aliphatic hydroxyl groups is 1. The highest BCUT2D eigenvalue weighted by Crippen LogP contribution is 2.33. The lowest BCUT2D eigenvalue weighted by molar-refractivity contribution is 0.146. The van der Waals surface area contributed by atoms with Crippen LogP contribution in [0.3, 0.4) is 0 Å². The van der Waals surface area contributed by atoms with Gasteiger partial charge in [0.2, 0.25) is 0 Å². The van der Waals surface area contributed by atoms with Crippen LogP contribution < -0.4 is 10.5 Å². The molecule has 0 radical (unpaired) electrons. The number of halogens is 1. The summed E-state index contributed by atoms with van der Waals surface area (Å²) in [7, 11) is 0. The van der Waals surface area contributed by atoms with Crippen LogP contribution in [0.1, 0.15) is 16.8 Å². The Hall–Kier alpha value is -3.79. The molecule has 0 bridgehead atoms. The first-order chi connectivity index (χ1) is 18.0. The van der Waals surface area contributed by atoms with Crippen LogP contribution in [0.25, 0.3) is 11.0 Å². The maximum atomic E-state index is 15.0. The van der Waals surface area contributed by atoms with Gasteiger partial charge in [-0.1, -0.05) is 18.7 Å². The van der Waals surface area contributed by atoms with E-state index in [9.17, 15) is 9.50 Å². The first-order valence-electron chi connectivity index (χ1n) is 12.4. The molecule has 192 valence electrons. The second-order valence-corrected chi connectivity index (χ2v) is 9.26. The molecule has 4 heterocycles. The molecule has 4 N–H and O–H groups in total. The smallest absolute Gasteiger partial charge is 0.165 e. The number of nitrogens with two attached hydrogens (primary N) is 1. The van der Waals surface area contributed by atoms with E-state index in [1.807, 2.05) is 30.5 Å². The third-order valence-corrected chi connectivity index (χ3v) is 6.78. The Balaban J connectivity index is 1.18. The van der Waals surface area contributed by atoms with Gasteiger partial charge in [-0.25, -0.2) is 9.37 Å². The fourth-order valence-electron chi connectivity index (χ4n) is 4.69. The summed E-state index contributed by atoms with van der Waals surface area (Å²) in [5.74, 6) is 0.0384. The van der Waals surface area contributed by atoms with Crippen molar-refractivity contribution in [2.75, 3.05) is 26.2 Å². The highest BCUT2D eigenvalue weighted by molar-refractivity contribution is 5.86. The molecule has 1 aliphatic rings. The van der Waals surface area contributed by atoms with Crippen LogP contribution in [-0.2, 0) is 19.6 Å². The molecular formula is C28H31FN6O2. The molecule has 3 aromatic heterocycles. The van der Waals surface area contributed by atoms with Crippen LogP contribution >= 0.6 is 0 Å². The molecule has 5 rings (SSSR count). The van der Waals surface area contributed by atoms with Crippen LogP contribution in [0.5, 0.6) is 11.5 Å². The number of pyridine rings is 2. The zero-order chi connectivity index (χ0) is 25.8.